The smallest absolute Gasteiger partial charge is 0.145 e. The van der Waals surface area contributed by atoms with Crippen LogP contribution >= 0.6 is 11.6 Å². The Bertz CT molecular complexity index is 1050. The zero-order chi connectivity index (χ0) is 19.2. The molecule has 0 radical (unpaired) electrons. The van der Waals surface area contributed by atoms with Gasteiger partial charge in [0.2, 0.25) is 0 Å². The Morgan fingerprint density at radius 3 is 2.57 bits per heavy atom. The van der Waals surface area contributed by atoms with E-state index in [0.717, 1.165) is 34.3 Å². The number of para-hydroxylation sites is 1. The zero-order valence-electron chi connectivity index (χ0n) is 15.0. The summed E-state index contributed by atoms with van der Waals surface area (Å²) in [6.45, 7) is 0.623. The Labute approximate surface area is 168 Å². The summed E-state index contributed by atoms with van der Waals surface area (Å²) in [5, 5.41) is 14.4. The Hall–Kier alpha value is -3.44. The van der Waals surface area contributed by atoms with Gasteiger partial charge in [0.15, 0.2) is 0 Å². The van der Waals surface area contributed by atoms with Crippen molar-refractivity contribution in [1.82, 2.24) is 10.2 Å². The third kappa shape index (κ3) is 4.64. The summed E-state index contributed by atoms with van der Waals surface area (Å²) < 4.78 is 5.90. The molecule has 28 heavy (non-hydrogen) atoms. The van der Waals surface area contributed by atoms with Crippen molar-refractivity contribution >= 4 is 28.8 Å². The molecule has 6 heteroatoms. The second-order valence-corrected chi connectivity index (χ2v) is 6.65. The van der Waals surface area contributed by atoms with Gasteiger partial charge in [-0.2, -0.15) is 5.10 Å². The number of hydrogen-bond acceptors (Lipinski definition) is 4. The number of aromatic nitrogens is 2. The van der Waals surface area contributed by atoms with E-state index in [1.54, 1.807) is 6.20 Å². The third-order valence-electron chi connectivity index (χ3n) is 4.09. The first-order valence-electron chi connectivity index (χ1n) is 8.88. The predicted molar refractivity (Wildman–Crippen MR) is 114 cm³/mol. The summed E-state index contributed by atoms with van der Waals surface area (Å²) in [6, 6.07) is 25.3. The van der Waals surface area contributed by atoms with Crippen molar-refractivity contribution < 1.29 is 4.74 Å². The van der Waals surface area contributed by atoms with Gasteiger partial charge in [-0.3, -0.25) is 5.10 Å². The molecule has 1 aromatic heterocycles. The Morgan fingerprint density at radius 2 is 1.71 bits per heavy atom. The maximum absolute atomic E-state index is 6.05. The normalized spacial score (nSPS) is 10.5. The number of halogens is 1. The monoisotopic (exact) mass is 390 g/mol. The first kappa shape index (κ1) is 17.9. The molecule has 0 atom stereocenters. The standard InChI is InChI=1S/C22H19ClN4O/c23-17-7-5-8-18(13-17)26-21-15-25-27-22(21)24-14-16-6-4-11-20(12-16)28-19-9-2-1-3-10-19/h1-13,15,26H,14H2,(H2,24,25,27). The number of nitrogens with zero attached hydrogens (tertiary/aromatic N) is 1. The number of hydrogen-bond donors (Lipinski definition) is 3. The molecule has 4 aromatic rings. The van der Waals surface area contributed by atoms with Crippen molar-refractivity contribution in [2.24, 2.45) is 0 Å². The van der Waals surface area contributed by atoms with Crippen LogP contribution in [0.3, 0.4) is 0 Å². The van der Waals surface area contributed by atoms with Crippen molar-refractivity contribution in [3.8, 4) is 11.5 Å². The van der Waals surface area contributed by atoms with Crippen LogP contribution in [0.25, 0.3) is 0 Å². The molecule has 140 valence electrons. The maximum atomic E-state index is 6.05. The van der Waals surface area contributed by atoms with E-state index in [2.05, 4.69) is 20.8 Å². The molecule has 1 heterocycles. The van der Waals surface area contributed by atoms with Gasteiger partial charge in [-0.05, 0) is 48.0 Å². The Morgan fingerprint density at radius 1 is 0.893 bits per heavy atom. The van der Waals surface area contributed by atoms with E-state index >= 15 is 0 Å². The third-order valence-corrected chi connectivity index (χ3v) is 4.32. The van der Waals surface area contributed by atoms with Crippen LogP contribution in [-0.4, -0.2) is 10.2 Å². The van der Waals surface area contributed by atoms with Gasteiger partial charge in [-0.1, -0.05) is 48.0 Å². The van der Waals surface area contributed by atoms with Crippen LogP contribution in [0, 0.1) is 0 Å². The zero-order valence-corrected chi connectivity index (χ0v) is 15.8. The van der Waals surface area contributed by atoms with Crippen LogP contribution in [0.15, 0.2) is 85.1 Å². The van der Waals surface area contributed by atoms with E-state index in [4.69, 9.17) is 16.3 Å². The van der Waals surface area contributed by atoms with Gasteiger partial charge < -0.3 is 15.4 Å². The minimum absolute atomic E-state index is 0.623. The second-order valence-electron chi connectivity index (χ2n) is 6.21. The van der Waals surface area contributed by atoms with Crippen LogP contribution in [0.1, 0.15) is 5.56 Å². The SMILES string of the molecule is Clc1cccc(Nc2cn[nH]c2NCc2cccc(Oc3ccccc3)c2)c1. The molecule has 0 aliphatic heterocycles. The van der Waals surface area contributed by atoms with Gasteiger partial charge in [-0.15, -0.1) is 0 Å². The topological polar surface area (TPSA) is 62.0 Å². The van der Waals surface area contributed by atoms with E-state index < -0.39 is 0 Å². The maximum Gasteiger partial charge on any atom is 0.145 e. The van der Waals surface area contributed by atoms with Gasteiger partial charge in [0.1, 0.15) is 23.0 Å². The number of anilines is 3. The lowest BCUT2D eigenvalue weighted by Crippen LogP contribution is -2.02. The fraction of sp³-hybridized carbons (Fsp3) is 0.0455. The van der Waals surface area contributed by atoms with E-state index in [0.29, 0.717) is 11.6 Å². The van der Waals surface area contributed by atoms with Crippen molar-refractivity contribution in [2.75, 3.05) is 10.6 Å². The van der Waals surface area contributed by atoms with Crippen LogP contribution in [0.4, 0.5) is 17.2 Å². The summed E-state index contributed by atoms with van der Waals surface area (Å²) in [4.78, 5) is 0. The molecule has 0 saturated carbocycles. The molecular formula is C22H19ClN4O. The molecule has 0 amide bonds. The molecule has 0 fully saturated rings. The van der Waals surface area contributed by atoms with Crippen LogP contribution in [-0.2, 0) is 6.54 Å². The Kier molecular flexibility index (Phi) is 5.45. The molecule has 3 aromatic carbocycles. The van der Waals surface area contributed by atoms with Crippen molar-refractivity contribution in [3.63, 3.8) is 0 Å². The largest absolute Gasteiger partial charge is 0.457 e. The highest BCUT2D eigenvalue weighted by Crippen LogP contribution is 2.26. The molecule has 4 rings (SSSR count). The van der Waals surface area contributed by atoms with Gasteiger partial charge in [0, 0.05) is 17.3 Å². The molecule has 0 unspecified atom stereocenters. The fourth-order valence-corrected chi connectivity index (χ4v) is 2.96. The molecule has 3 N–H and O–H groups in total. The highest BCUT2D eigenvalue weighted by Gasteiger charge is 2.06. The van der Waals surface area contributed by atoms with Crippen molar-refractivity contribution in [3.05, 3.63) is 95.6 Å². The quantitative estimate of drug-likeness (QED) is 0.351. The van der Waals surface area contributed by atoms with E-state index in [1.165, 1.54) is 0 Å². The van der Waals surface area contributed by atoms with E-state index in [9.17, 15) is 0 Å². The summed E-state index contributed by atoms with van der Waals surface area (Å²) in [7, 11) is 0. The molecule has 0 saturated heterocycles. The minimum atomic E-state index is 0.623. The summed E-state index contributed by atoms with van der Waals surface area (Å²) in [6.07, 6.45) is 1.73. The highest BCUT2D eigenvalue weighted by molar-refractivity contribution is 6.30. The minimum Gasteiger partial charge on any atom is -0.457 e. The van der Waals surface area contributed by atoms with Crippen LogP contribution in [0.2, 0.25) is 5.02 Å². The molecule has 0 aliphatic carbocycles. The number of H-pyrrole nitrogens is 1. The van der Waals surface area contributed by atoms with Gasteiger partial charge >= 0.3 is 0 Å². The number of ether oxygens (including phenoxy) is 1. The average molecular weight is 391 g/mol. The predicted octanol–water partition coefficient (Wildman–Crippen LogP) is 6.21. The lowest BCUT2D eigenvalue weighted by Gasteiger charge is -2.11. The van der Waals surface area contributed by atoms with Gasteiger partial charge in [0.25, 0.3) is 0 Å². The molecule has 0 aliphatic rings. The number of nitrogens with one attached hydrogen (secondary N) is 3. The van der Waals surface area contributed by atoms with Gasteiger partial charge in [0.05, 0.1) is 6.20 Å². The highest BCUT2D eigenvalue weighted by atomic mass is 35.5. The Balaban J connectivity index is 1.41. The lowest BCUT2D eigenvalue weighted by molar-refractivity contribution is 0.482. The lowest BCUT2D eigenvalue weighted by atomic mass is 10.2. The number of benzene rings is 3. The van der Waals surface area contributed by atoms with Crippen molar-refractivity contribution in [2.45, 2.75) is 6.54 Å². The molecule has 0 bridgehead atoms. The summed E-state index contributed by atoms with van der Waals surface area (Å²) in [5.74, 6) is 2.41. The summed E-state index contributed by atoms with van der Waals surface area (Å²) >= 11 is 6.05. The van der Waals surface area contributed by atoms with E-state index in [-0.39, 0.29) is 0 Å². The average Bonchev–Trinajstić information content (AvgIpc) is 3.14. The number of rotatable bonds is 7. The molecular weight excluding hydrogens is 372 g/mol. The summed E-state index contributed by atoms with van der Waals surface area (Å²) in [5.41, 5.74) is 2.84. The van der Waals surface area contributed by atoms with Crippen LogP contribution in [0.5, 0.6) is 11.5 Å². The first-order valence-corrected chi connectivity index (χ1v) is 9.26. The second kappa shape index (κ2) is 8.50. The first-order chi connectivity index (χ1) is 13.8. The van der Waals surface area contributed by atoms with E-state index in [1.807, 2.05) is 78.9 Å². The van der Waals surface area contributed by atoms with Crippen LogP contribution < -0.4 is 15.4 Å². The van der Waals surface area contributed by atoms with Crippen molar-refractivity contribution in [1.29, 1.82) is 0 Å². The fourth-order valence-electron chi connectivity index (χ4n) is 2.77. The molecule has 5 nitrogen and oxygen atoms in total. The number of aromatic amines is 1. The van der Waals surface area contributed by atoms with Gasteiger partial charge in [-0.25, -0.2) is 0 Å². The molecule has 0 spiro atoms.